The molecule has 7 nitrogen and oxygen atoms in total. The van der Waals surface area contributed by atoms with Gasteiger partial charge in [0.25, 0.3) is 0 Å². The molecule has 2 heterocycles. The van der Waals surface area contributed by atoms with E-state index in [2.05, 4.69) is 25.5 Å². The van der Waals surface area contributed by atoms with E-state index in [9.17, 15) is 0 Å². The largest absolute Gasteiger partial charge is 0.374 e. The van der Waals surface area contributed by atoms with Crippen LogP contribution in [-0.4, -0.2) is 37.3 Å². The summed E-state index contributed by atoms with van der Waals surface area (Å²) in [4.78, 5) is 4.49. The first-order valence-corrected chi connectivity index (χ1v) is 7.62. The predicted octanol–water partition coefficient (Wildman–Crippen LogP) is 3.13. The van der Waals surface area contributed by atoms with Crippen LogP contribution in [0.5, 0.6) is 0 Å². The van der Waals surface area contributed by atoms with E-state index in [0.29, 0.717) is 28.9 Å². The number of methoxy groups -OCH3 is 1. The number of aromatic amines is 1. The average Bonchev–Trinajstić information content (AvgIpc) is 3.15. The molecule has 0 aliphatic heterocycles. The molecule has 1 N–H and O–H groups in total. The predicted molar refractivity (Wildman–Crippen MR) is 86.4 cm³/mol. The first-order valence-electron chi connectivity index (χ1n) is 6.87. The number of halogens is 2. The number of H-pyrrole nitrogens is 1. The third-order valence-electron chi connectivity index (χ3n) is 3.37. The van der Waals surface area contributed by atoms with Gasteiger partial charge in [0, 0.05) is 12.1 Å². The number of hydrogen-bond acceptors (Lipinski definition) is 5. The Labute approximate surface area is 142 Å². The molecule has 1 aromatic carbocycles. The summed E-state index contributed by atoms with van der Waals surface area (Å²) >= 11 is 12.0. The Morgan fingerprint density at radius 2 is 1.96 bits per heavy atom. The molecule has 0 fully saturated rings. The number of hydrogen-bond donors (Lipinski definition) is 1. The van der Waals surface area contributed by atoms with Crippen molar-refractivity contribution in [1.29, 1.82) is 0 Å². The molecule has 23 heavy (non-hydrogen) atoms. The van der Waals surface area contributed by atoms with Crippen LogP contribution < -0.4 is 0 Å². The molecule has 120 valence electrons. The maximum atomic E-state index is 6.06. The van der Waals surface area contributed by atoms with Crippen LogP contribution in [0, 0.1) is 0 Å². The molecule has 0 spiro atoms. The van der Waals surface area contributed by atoms with Gasteiger partial charge in [0.15, 0.2) is 22.5 Å². The Kier molecular flexibility index (Phi) is 4.61. The monoisotopic (exact) mass is 352 g/mol. The first-order chi connectivity index (χ1) is 11.1. The molecule has 0 aliphatic carbocycles. The normalized spacial score (nSPS) is 12.5. The summed E-state index contributed by atoms with van der Waals surface area (Å²) in [6.07, 6.45) is -0.245. The van der Waals surface area contributed by atoms with Gasteiger partial charge >= 0.3 is 0 Å². The third kappa shape index (κ3) is 3.36. The van der Waals surface area contributed by atoms with Gasteiger partial charge in [0.2, 0.25) is 0 Å². The van der Waals surface area contributed by atoms with Crippen molar-refractivity contribution in [2.45, 2.75) is 19.6 Å². The molecule has 0 saturated heterocycles. The minimum absolute atomic E-state index is 0.242. The fourth-order valence-corrected chi connectivity index (χ4v) is 2.34. The highest BCUT2D eigenvalue weighted by Crippen LogP contribution is 2.24. The summed E-state index contributed by atoms with van der Waals surface area (Å²) in [5, 5.41) is 15.8. The van der Waals surface area contributed by atoms with E-state index in [1.54, 1.807) is 11.8 Å². The van der Waals surface area contributed by atoms with Gasteiger partial charge in [0.05, 0.1) is 6.54 Å². The molecule has 3 aromatic rings. The minimum atomic E-state index is -0.245. The second-order valence-corrected chi connectivity index (χ2v) is 5.71. The Hall–Kier alpha value is -1.96. The van der Waals surface area contributed by atoms with Gasteiger partial charge in [-0.25, -0.2) is 9.67 Å². The molecule has 0 amide bonds. The van der Waals surface area contributed by atoms with E-state index >= 15 is 0 Å². The van der Waals surface area contributed by atoms with Gasteiger partial charge in [-0.1, -0.05) is 35.3 Å². The fourth-order valence-electron chi connectivity index (χ4n) is 2.05. The van der Waals surface area contributed by atoms with Crippen LogP contribution in [0.1, 0.15) is 24.4 Å². The maximum absolute atomic E-state index is 6.06. The van der Waals surface area contributed by atoms with Crippen molar-refractivity contribution in [1.82, 2.24) is 30.2 Å². The molecule has 0 radical (unpaired) electrons. The first kappa shape index (κ1) is 15.9. The van der Waals surface area contributed by atoms with Gasteiger partial charge in [0.1, 0.15) is 6.10 Å². The quantitative estimate of drug-likeness (QED) is 0.762. The van der Waals surface area contributed by atoms with Gasteiger partial charge < -0.3 is 4.74 Å². The Balaban J connectivity index is 2.01. The lowest BCUT2D eigenvalue weighted by molar-refractivity contribution is 0.112. The van der Waals surface area contributed by atoms with Crippen LogP contribution in [0.25, 0.3) is 11.5 Å². The van der Waals surface area contributed by atoms with E-state index in [1.165, 1.54) is 0 Å². The molecule has 1 atom stereocenters. The second kappa shape index (κ2) is 6.66. The molecule has 0 bridgehead atoms. The second-order valence-electron chi connectivity index (χ2n) is 4.92. The minimum Gasteiger partial charge on any atom is -0.374 e. The van der Waals surface area contributed by atoms with Crippen molar-refractivity contribution in [3.63, 3.8) is 0 Å². The van der Waals surface area contributed by atoms with Crippen molar-refractivity contribution in [3.8, 4) is 11.5 Å². The molecule has 0 saturated carbocycles. The Morgan fingerprint density at radius 3 is 2.57 bits per heavy atom. The summed E-state index contributed by atoms with van der Waals surface area (Å²) in [6, 6.07) is 7.51. The van der Waals surface area contributed by atoms with E-state index in [4.69, 9.17) is 27.9 Å². The smallest absolute Gasteiger partial charge is 0.182 e. The van der Waals surface area contributed by atoms with Crippen molar-refractivity contribution < 1.29 is 4.74 Å². The van der Waals surface area contributed by atoms with E-state index in [1.807, 2.05) is 31.2 Å². The number of rotatable bonds is 5. The lowest BCUT2D eigenvalue weighted by Crippen LogP contribution is -2.05. The number of nitrogens with zero attached hydrogens (tertiary/aromatic N) is 5. The number of nitrogens with one attached hydrogen (secondary N) is 1. The van der Waals surface area contributed by atoms with Crippen LogP contribution in [-0.2, 0) is 11.3 Å². The highest BCUT2D eigenvalue weighted by atomic mass is 35.5. The maximum Gasteiger partial charge on any atom is 0.182 e. The van der Waals surface area contributed by atoms with Crippen LogP contribution in [0.3, 0.4) is 0 Å². The number of aromatic nitrogens is 6. The standard InChI is InChI=1S/C14H14Cl2N6O/c1-8(23-2)13-17-14(11-12(16)19-21-18-11)22(20-13)7-9-3-5-10(15)6-4-9/h3-6,8H,7H2,1-2H3,(H,18,19,21). The lowest BCUT2D eigenvalue weighted by atomic mass is 10.2. The van der Waals surface area contributed by atoms with Gasteiger partial charge in [-0.2, -0.15) is 15.4 Å². The zero-order valence-corrected chi connectivity index (χ0v) is 14.0. The van der Waals surface area contributed by atoms with Crippen LogP contribution in [0.15, 0.2) is 24.3 Å². The van der Waals surface area contributed by atoms with E-state index in [-0.39, 0.29) is 11.3 Å². The molecule has 3 rings (SSSR count). The molecule has 0 aliphatic rings. The highest BCUT2D eigenvalue weighted by molar-refractivity contribution is 6.31. The molecule has 2 aromatic heterocycles. The highest BCUT2D eigenvalue weighted by Gasteiger charge is 2.21. The van der Waals surface area contributed by atoms with Crippen LogP contribution in [0.2, 0.25) is 10.2 Å². The van der Waals surface area contributed by atoms with Crippen molar-refractivity contribution >= 4 is 23.2 Å². The van der Waals surface area contributed by atoms with Crippen molar-refractivity contribution in [2.75, 3.05) is 7.11 Å². The Bertz CT molecular complexity index is 798. The SMILES string of the molecule is COC(C)c1nc(-c2n[nH]nc2Cl)n(Cc2ccc(Cl)cc2)n1. The van der Waals surface area contributed by atoms with Gasteiger partial charge in [-0.05, 0) is 24.6 Å². The van der Waals surface area contributed by atoms with Gasteiger partial charge in [-0.15, -0.1) is 5.10 Å². The number of benzene rings is 1. The zero-order chi connectivity index (χ0) is 16.4. The third-order valence-corrected chi connectivity index (χ3v) is 3.88. The van der Waals surface area contributed by atoms with E-state index < -0.39 is 0 Å². The number of ether oxygens (including phenoxy) is 1. The topological polar surface area (TPSA) is 81.5 Å². The fraction of sp³-hybridized carbons (Fsp3) is 0.286. The summed E-state index contributed by atoms with van der Waals surface area (Å²) in [7, 11) is 1.60. The lowest BCUT2D eigenvalue weighted by Gasteiger charge is -2.05. The summed E-state index contributed by atoms with van der Waals surface area (Å²) in [6.45, 7) is 2.37. The summed E-state index contributed by atoms with van der Waals surface area (Å²) in [5.41, 5.74) is 1.47. The molecule has 9 heteroatoms. The van der Waals surface area contributed by atoms with Crippen LogP contribution in [0.4, 0.5) is 0 Å². The molecule has 1 unspecified atom stereocenters. The van der Waals surface area contributed by atoms with Gasteiger partial charge in [-0.3, -0.25) is 0 Å². The summed E-state index contributed by atoms with van der Waals surface area (Å²) < 4.78 is 7.01. The molecular formula is C14H14Cl2N6O. The molecular weight excluding hydrogens is 339 g/mol. The zero-order valence-electron chi connectivity index (χ0n) is 12.5. The van der Waals surface area contributed by atoms with Crippen molar-refractivity contribution in [2.24, 2.45) is 0 Å². The van der Waals surface area contributed by atoms with Crippen LogP contribution >= 0.6 is 23.2 Å². The Morgan fingerprint density at radius 1 is 1.22 bits per heavy atom. The van der Waals surface area contributed by atoms with E-state index in [0.717, 1.165) is 5.56 Å². The average molecular weight is 353 g/mol. The summed E-state index contributed by atoms with van der Waals surface area (Å²) in [5.74, 6) is 1.08. The van der Waals surface area contributed by atoms with Crippen molar-refractivity contribution in [3.05, 3.63) is 45.8 Å².